The highest BCUT2D eigenvalue weighted by Gasteiger charge is 2.08. The van der Waals surface area contributed by atoms with Crippen molar-refractivity contribution in [1.82, 2.24) is 16.0 Å². The van der Waals surface area contributed by atoms with E-state index in [-0.39, 0.29) is 24.9 Å². The van der Waals surface area contributed by atoms with Gasteiger partial charge in [-0.05, 0) is 72.1 Å². The lowest BCUT2D eigenvalue weighted by Crippen LogP contribution is -2.34. The van der Waals surface area contributed by atoms with Gasteiger partial charge in [-0.2, -0.15) is 0 Å². The Labute approximate surface area is 350 Å². The molecule has 58 heavy (non-hydrogen) atoms. The number of rotatable bonds is 27. The molecule has 14 heteroatoms. The molecular formula is C44H57N6O6S2+. The number of hydrogen-bond donors (Lipinski definition) is 5. The van der Waals surface area contributed by atoms with E-state index in [2.05, 4.69) is 20.5 Å². The highest BCUT2D eigenvalue weighted by atomic mass is 33.1. The SMILES string of the molecule is C/C=C(\C=C/NCCCC(=O)NCCSSCCNC(=O)CCC[n+]1ccc(/C=C/c2ccc(N(C)CC(=O)O)cc2)cc1)/C=C/c1ccc(N(C)CC(=O)O)cc1. The average molecular weight is 830 g/mol. The molecule has 0 aliphatic carbocycles. The second kappa shape index (κ2) is 27.2. The van der Waals surface area contributed by atoms with Gasteiger partial charge in [-0.25, -0.2) is 4.57 Å². The van der Waals surface area contributed by atoms with E-state index in [0.717, 1.165) is 64.5 Å². The lowest BCUT2D eigenvalue weighted by molar-refractivity contribution is -0.697. The lowest BCUT2D eigenvalue weighted by atomic mass is 10.1. The van der Waals surface area contributed by atoms with E-state index in [1.54, 1.807) is 45.5 Å². The van der Waals surface area contributed by atoms with Crippen LogP contribution in [-0.2, 0) is 25.7 Å². The minimum atomic E-state index is -0.869. The van der Waals surface area contributed by atoms with E-state index in [1.165, 1.54) is 0 Å². The molecular weight excluding hydrogens is 773 g/mol. The molecule has 0 unspecified atom stereocenters. The van der Waals surface area contributed by atoms with Gasteiger partial charge in [0.1, 0.15) is 19.6 Å². The molecule has 0 fully saturated rings. The molecule has 1 heterocycles. The zero-order valence-electron chi connectivity index (χ0n) is 33.6. The number of nitrogens with zero attached hydrogens (tertiary/aromatic N) is 3. The summed E-state index contributed by atoms with van der Waals surface area (Å²) in [5.41, 5.74) is 5.82. The Morgan fingerprint density at radius 1 is 0.655 bits per heavy atom. The maximum atomic E-state index is 12.3. The van der Waals surface area contributed by atoms with Crippen LogP contribution in [0.5, 0.6) is 0 Å². The number of aromatic nitrogens is 1. The molecule has 0 atom stereocenters. The molecule has 0 saturated heterocycles. The highest BCUT2D eigenvalue weighted by molar-refractivity contribution is 8.76. The van der Waals surface area contributed by atoms with E-state index < -0.39 is 11.9 Å². The normalized spacial score (nSPS) is 11.6. The standard InChI is InChI=1S/C44H56N6O6S2/c1-4-35(9-10-36-13-17-39(18-14-36)48(2)33-43(53)54)21-25-45-24-5-7-41(51)46-26-31-57-58-32-27-47-42(52)8-6-28-50-29-22-38(23-30-50)12-11-37-15-19-40(20-16-37)49(3)34-44(55)56/h4,9-23,25,29-30,45H,5-8,24,26-28,31-34H2,1-3H3,(H3-,46,47,51,52,53,54,55,56)/p+1/b10-9+,25-21-,35-4-. The first-order valence-electron chi connectivity index (χ1n) is 19.3. The van der Waals surface area contributed by atoms with Gasteiger partial charge < -0.3 is 36.0 Å². The summed E-state index contributed by atoms with van der Waals surface area (Å²) in [6.45, 7) is 4.52. The Bertz CT molecular complexity index is 1850. The summed E-state index contributed by atoms with van der Waals surface area (Å²) >= 11 is 0. The summed E-state index contributed by atoms with van der Waals surface area (Å²) in [7, 11) is 6.87. The number of aryl methyl sites for hydroxylation is 1. The van der Waals surface area contributed by atoms with Crippen molar-refractivity contribution in [2.24, 2.45) is 0 Å². The molecule has 5 N–H and O–H groups in total. The summed E-state index contributed by atoms with van der Waals surface area (Å²) in [5, 5.41) is 27.1. The molecule has 0 saturated carbocycles. The Morgan fingerprint density at radius 3 is 1.64 bits per heavy atom. The number of benzene rings is 2. The number of pyridine rings is 1. The lowest BCUT2D eigenvalue weighted by Gasteiger charge is -2.16. The van der Waals surface area contributed by atoms with Crippen LogP contribution in [0, 0.1) is 0 Å². The molecule has 310 valence electrons. The van der Waals surface area contributed by atoms with Crippen molar-refractivity contribution in [2.75, 3.05) is 68.1 Å². The van der Waals surface area contributed by atoms with Crippen LogP contribution in [0.25, 0.3) is 18.2 Å². The van der Waals surface area contributed by atoms with Gasteiger partial charge in [-0.15, -0.1) is 0 Å². The predicted octanol–water partition coefficient (Wildman–Crippen LogP) is 6.12. The van der Waals surface area contributed by atoms with Crippen LogP contribution in [0.1, 0.15) is 49.3 Å². The van der Waals surface area contributed by atoms with Crippen LogP contribution in [-0.4, -0.2) is 92.3 Å². The number of carbonyl (C=O) groups is 4. The number of aliphatic carboxylic acids is 2. The summed E-state index contributed by atoms with van der Waals surface area (Å²) in [6, 6.07) is 19.5. The fraction of sp³-hybridized carbons (Fsp3) is 0.341. The molecule has 2 aromatic carbocycles. The van der Waals surface area contributed by atoms with Gasteiger partial charge in [0, 0.05) is 88.0 Å². The fourth-order valence-corrected chi connectivity index (χ4v) is 7.21. The largest absolute Gasteiger partial charge is 0.480 e. The molecule has 1 aromatic heterocycles. The Kier molecular flexibility index (Phi) is 22.0. The molecule has 3 aromatic rings. The minimum absolute atomic E-state index is 0.0374. The third kappa shape index (κ3) is 20.1. The van der Waals surface area contributed by atoms with E-state index in [0.29, 0.717) is 32.5 Å². The first kappa shape index (κ1) is 46.9. The van der Waals surface area contributed by atoms with Gasteiger partial charge in [0.05, 0.1) is 0 Å². The average Bonchev–Trinajstić information content (AvgIpc) is 3.20. The van der Waals surface area contributed by atoms with E-state index in [1.807, 2.05) is 123 Å². The maximum Gasteiger partial charge on any atom is 0.323 e. The van der Waals surface area contributed by atoms with Crippen LogP contribution in [0.2, 0.25) is 0 Å². The number of hydrogen-bond acceptors (Lipinski definition) is 9. The first-order valence-corrected chi connectivity index (χ1v) is 21.8. The summed E-state index contributed by atoms with van der Waals surface area (Å²) < 4.78 is 2.07. The number of anilines is 2. The molecule has 2 amide bonds. The second-order valence-electron chi connectivity index (χ2n) is 13.3. The second-order valence-corrected chi connectivity index (χ2v) is 16.0. The first-order chi connectivity index (χ1) is 28.0. The van der Waals surface area contributed by atoms with Crippen LogP contribution in [0.3, 0.4) is 0 Å². The zero-order chi connectivity index (χ0) is 42.0. The topological polar surface area (TPSA) is 155 Å². The van der Waals surface area contributed by atoms with Crippen molar-refractivity contribution in [3.63, 3.8) is 0 Å². The molecule has 12 nitrogen and oxygen atoms in total. The van der Waals surface area contributed by atoms with Crippen LogP contribution in [0.4, 0.5) is 11.4 Å². The molecule has 0 radical (unpaired) electrons. The number of carbonyl (C=O) groups excluding carboxylic acids is 2. The van der Waals surface area contributed by atoms with Crippen molar-refractivity contribution in [3.05, 3.63) is 120 Å². The number of allylic oxidation sites excluding steroid dienone is 4. The summed E-state index contributed by atoms with van der Waals surface area (Å²) in [6.07, 6.45) is 20.3. The number of likely N-dealkylation sites (N-methyl/N-ethyl adjacent to an activating group) is 2. The monoisotopic (exact) mass is 829 g/mol. The van der Waals surface area contributed by atoms with E-state index in [4.69, 9.17) is 10.2 Å². The number of nitrogens with one attached hydrogen (secondary N) is 3. The van der Waals surface area contributed by atoms with Crippen LogP contribution < -0.4 is 30.3 Å². The van der Waals surface area contributed by atoms with E-state index >= 15 is 0 Å². The quantitative estimate of drug-likeness (QED) is 0.0261. The van der Waals surface area contributed by atoms with Gasteiger partial charge in [0.25, 0.3) is 0 Å². The number of carboxylic acids is 2. The summed E-state index contributed by atoms with van der Waals surface area (Å²) in [4.78, 5) is 49.7. The molecule has 0 bridgehead atoms. The Hall–Kier alpha value is -5.47. The van der Waals surface area contributed by atoms with Crippen molar-refractivity contribution in [1.29, 1.82) is 0 Å². The van der Waals surface area contributed by atoms with Gasteiger partial charge >= 0.3 is 11.9 Å². The smallest absolute Gasteiger partial charge is 0.323 e. The molecule has 3 rings (SSSR count). The molecule has 0 spiro atoms. The number of amides is 2. The van der Waals surface area contributed by atoms with Crippen molar-refractivity contribution in [3.8, 4) is 0 Å². The minimum Gasteiger partial charge on any atom is -0.480 e. The Balaban J connectivity index is 1.15. The Morgan fingerprint density at radius 2 is 1.14 bits per heavy atom. The summed E-state index contributed by atoms with van der Waals surface area (Å²) in [5.74, 6) is -0.0582. The van der Waals surface area contributed by atoms with Gasteiger partial charge in [-0.1, -0.05) is 76.2 Å². The van der Waals surface area contributed by atoms with Crippen molar-refractivity contribution in [2.45, 2.75) is 39.2 Å². The van der Waals surface area contributed by atoms with Gasteiger partial charge in [-0.3, -0.25) is 19.2 Å². The molecule has 0 aliphatic rings. The zero-order valence-corrected chi connectivity index (χ0v) is 35.3. The van der Waals surface area contributed by atoms with Crippen LogP contribution >= 0.6 is 21.6 Å². The molecule has 0 aliphatic heterocycles. The third-order valence-electron chi connectivity index (χ3n) is 8.64. The van der Waals surface area contributed by atoms with Gasteiger partial charge in [0.15, 0.2) is 12.4 Å². The van der Waals surface area contributed by atoms with Crippen LogP contribution in [0.15, 0.2) is 103 Å². The fourth-order valence-electron chi connectivity index (χ4n) is 5.40. The predicted molar refractivity (Wildman–Crippen MR) is 240 cm³/mol. The van der Waals surface area contributed by atoms with E-state index in [9.17, 15) is 19.2 Å². The maximum absolute atomic E-state index is 12.3. The van der Waals surface area contributed by atoms with Gasteiger partial charge in [0.2, 0.25) is 11.8 Å². The third-order valence-corrected chi connectivity index (χ3v) is 11.0. The highest BCUT2D eigenvalue weighted by Crippen LogP contribution is 2.19. The number of carboxylic acid groups (broad SMARTS) is 2. The van der Waals surface area contributed by atoms with Crippen molar-refractivity contribution >= 4 is 74.9 Å². The van der Waals surface area contributed by atoms with Crippen molar-refractivity contribution < 1.29 is 34.0 Å².